The lowest BCUT2D eigenvalue weighted by Crippen LogP contribution is -2.39. The second-order valence-electron chi connectivity index (χ2n) is 4.74. The number of hydrogen-bond donors (Lipinski definition) is 0. The first-order valence-electron chi connectivity index (χ1n) is 6.26. The average Bonchev–Trinajstić information content (AvgIpc) is 2.48. The van der Waals surface area contributed by atoms with Gasteiger partial charge in [-0.1, -0.05) is 12.1 Å². The Kier molecular flexibility index (Phi) is 4.17. The first-order chi connectivity index (χ1) is 8.65. The summed E-state index contributed by atoms with van der Waals surface area (Å²) in [7, 11) is 2.09. The number of carbonyl (C=O) groups is 1. The third kappa shape index (κ3) is 2.48. The third-order valence-corrected chi connectivity index (χ3v) is 3.95. The summed E-state index contributed by atoms with van der Waals surface area (Å²) >= 11 is 1.58. The molecular weight excluding hydrogens is 244 g/mol. The van der Waals surface area contributed by atoms with Crippen molar-refractivity contribution in [2.24, 2.45) is 0 Å². The van der Waals surface area contributed by atoms with Crippen LogP contribution in [0.15, 0.2) is 24.3 Å². The highest BCUT2D eigenvalue weighted by atomic mass is 32.2. The minimum atomic E-state index is 0.206. The highest BCUT2D eigenvalue weighted by molar-refractivity contribution is 7.99. The van der Waals surface area contributed by atoms with Crippen molar-refractivity contribution in [2.45, 2.75) is 19.4 Å². The van der Waals surface area contributed by atoms with Gasteiger partial charge in [-0.05, 0) is 31.7 Å². The molecule has 3 nitrogen and oxygen atoms in total. The number of benzene rings is 1. The second kappa shape index (κ2) is 5.65. The van der Waals surface area contributed by atoms with Gasteiger partial charge in [-0.2, -0.15) is 11.8 Å². The molecule has 98 valence electrons. The molecule has 1 heterocycles. The molecular formula is C14H20N2OS. The molecule has 0 aliphatic carbocycles. The first-order valence-corrected chi connectivity index (χ1v) is 7.65. The summed E-state index contributed by atoms with van der Waals surface area (Å²) in [6, 6.07) is 8.43. The van der Waals surface area contributed by atoms with E-state index in [4.69, 9.17) is 0 Å². The fourth-order valence-electron chi connectivity index (χ4n) is 2.43. The van der Waals surface area contributed by atoms with E-state index in [0.29, 0.717) is 5.75 Å². The molecule has 0 radical (unpaired) electrons. The van der Waals surface area contributed by atoms with Gasteiger partial charge in [0.25, 0.3) is 0 Å². The SMILES string of the molecule is CSCC(=O)N1c2ccccc2N(C)CCC1C. The van der Waals surface area contributed by atoms with Gasteiger partial charge in [-0.15, -0.1) is 0 Å². The number of amides is 1. The number of fused-ring (bicyclic) bond motifs is 1. The van der Waals surface area contributed by atoms with Crippen LogP contribution < -0.4 is 9.80 Å². The van der Waals surface area contributed by atoms with E-state index in [2.05, 4.69) is 24.9 Å². The topological polar surface area (TPSA) is 23.6 Å². The fraction of sp³-hybridized carbons (Fsp3) is 0.500. The van der Waals surface area contributed by atoms with Crippen molar-refractivity contribution in [3.8, 4) is 0 Å². The normalized spacial score (nSPS) is 19.4. The van der Waals surface area contributed by atoms with Crippen molar-refractivity contribution >= 4 is 29.0 Å². The number of anilines is 2. The number of thioether (sulfide) groups is 1. The van der Waals surface area contributed by atoms with Gasteiger partial charge in [-0.25, -0.2) is 0 Å². The Balaban J connectivity index is 2.42. The Morgan fingerprint density at radius 2 is 2.06 bits per heavy atom. The second-order valence-corrected chi connectivity index (χ2v) is 5.61. The van der Waals surface area contributed by atoms with Crippen molar-refractivity contribution in [3.05, 3.63) is 24.3 Å². The van der Waals surface area contributed by atoms with Gasteiger partial charge in [0, 0.05) is 19.6 Å². The van der Waals surface area contributed by atoms with Crippen LogP contribution in [0.25, 0.3) is 0 Å². The highest BCUT2D eigenvalue weighted by Crippen LogP contribution is 2.33. The maximum Gasteiger partial charge on any atom is 0.237 e. The van der Waals surface area contributed by atoms with Crippen molar-refractivity contribution in [1.29, 1.82) is 0 Å². The number of nitrogens with zero attached hydrogens (tertiary/aromatic N) is 2. The summed E-state index contributed by atoms with van der Waals surface area (Å²) in [6.07, 6.45) is 2.98. The van der Waals surface area contributed by atoms with Crippen molar-refractivity contribution in [1.82, 2.24) is 0 Å². The Morgan fingerprint density at radius 3 is 2.72 bits per heavy atom. The summed E-state index contributed by atoms with van der Waals surface area (Å²) in [4.78, 5) is 16.5. The van der Waals surface area contributed by atoms with Gasteiger partial charge in [-0.3, -0.25) is 4.79 Å². The fourth-order valence-corrected chi connectivity index (χ4v) is 2.82. The molecule has 1 aromatic carbocycles. The standard InChI is InChI=1S/C14H20N2OS/c1-11-8-9-15(2)12-6-4-5-7-13(12)16(11)14(17)10-18-3/h4-7,11H,8-10H2,1-3H3. The third-order valence-electron chi connectivity index (χ3n) is 3.41. The first kappa shape index (κ1) is 13.3. The highest BCUT2D eigenvalue weighted by Gasteiger charge is 2.27. The van der Waals surface area contributed by atoms with Crippen LogP contribution in [0, 0.1) is 0 Å². The van der Waals surface area contributed by atoms with Crippen LogP contribution in [0.1, 0.15) is 13.3 Å². The smallest absolute Gasteiger partial charge is 0.237 e. The summed E-state index contributed by atoms with van der Waals surface area (Å²) in [6.45, 7) is 3.12. The lowest BCUT2D eigenvalue weighted by Gasteiger charge is -2.28. The molecule has 0 bridgehead atoms. The Bertz CT molecular complexity index is 436. The number of hydrogen-bond acceptors (Lipinski definition) is 3. The Hall–Kier alpha value is -1.16. The molecule has 18 heavy (non-hydrogen) atoms. The van der Waals surface area contributed by atoms with Gasteiger partial charge < -0.3 is 9.80 Å². The quantitative estimate of drug-likeness (QED) is 0.820. The van der Waals surface area contributed by atoms with Crippen molar-refractivity contribution in [3.63, 3.8) is 0 Å². The zero-order valence-corrected chi connectivity index (χ0v) is 12.0. The van der Waals surface area contributed by atoms with E-state index < -0.39 is 0 Å². The number of rotatable bonds is 2. The van der Waals surface area contributed by atoms with Crippen LogP contribution in [0.5, 0.6) is 0 Å². The molecule has 0 N–H and O–H groups in total. The molecule has 4 heteroatoms. The molecule has 2 rings (SSSR count). The van der Waals surface area contributed by atoms with E-state index in [0.717, 1.165) is 24.3 Å². The molecule has 0 saturated carbocycles. The summed E-state index contributed by atoms with van der Waals surface area (Å²) in [5, 5.41) is 0. The monoisotopic (exact) mass is 264 g/mol. The van der Waals surface area contributed by atoms with E-state index in [1.54, 1.807) is 11.8 Å². The minimum absolute atomic E-state index is 0.206. The Labute approximate surface area is 113 Å². The lowest BCUT2D eigenvalue weighted by molar-refractivity contribution is -0.116. The number of carbonyl (C=O) groups excluding carboxylic acids is 1. The van der Waals surface area contributed by atoms with Crippen LogP contribution in [0.2, 0.25) is 0 Å². The molecule has 0 saturated heterocycles. The molecule has 0 fully saturated rings. The maximum atomic E-state index is 12.3. The molecule has 0 aromatic heterocycles. The minimum Gasteiger partial charge on any atom is -0.373 e. The molecule has 1 aromatic rings. The molecule has 1 atom stereocenters. The summed E-state index contributed by atoms with van der Waals surface area (Å²) < 4.78 is 0. The molecule has 1 amide bonds. The summed E-state index contributed by atoms with van der Waals surface area (Å²) in [5.41, 5.74) is 2.19. The van der Waals surface area contributed by atoms with E-state index in [1.807, 2.05) is 29.4 Å². The van der Waals surface area contributed by atoms with E-state index in [-0.39, 0.29) is 11.9 Å². The lowest BCUT2D eigenvalue weighted by atomic mass is 10.2. The van der Waals surface area contributed by atoms with Crippen molar-refractivity contribution < 1.29 is 4.79 Å². The van der Waals surface area contributed by atoms with Crippen LogP contribution in [0.3, 0.4) is 0 Å². The molecule has 1 unspecified atom stereocenters. The molecule has 1 aliphatic heterocycles. The van der Waals surface area contributed by atoms with Crippen LogP contribution >= 0.6 is 11.8 Å². The van der Waals surface area contributed by atoms with Crippen LogP contribution in [-0.4, -0.2) is 37.6 Å². The zero-order chi connectivity index (χ0) is 13.1. The van der Waals surface area contributed by atoms with Crippen LogP contribution in [0.4, 0.5) is 11.4 Å². The van der Waals surface area contributed by atoms with Crippen molar-refractivity contribution in [2.75, 3.05) is 35.4 Å². The predicted molar refractivity (Wildman–Crippen MR) is 79.7 cm³/mol. The summed E-state index contributed by atoms with van der Waals surface area (Å²) in [5.74, 6) is 0.750. The van der Waals surface area contributed by atoms with Gasteiger partial charge in [0.1, 0.15) is 0 Å². The number of para-hydroxylation sites is 2. The van der Waals surface area contributed by atoms with E-state index >= 15 is 0 Å². The molecule has 0 spiro atoms. The Morgan fingerprint density at radius 1 is 1.39 bits per heavy atom. The van der Waals surface area contributed by atoms with E-state index in [9.17, 15) is 4.79 Å². The van der Waals surface area contributed by atoms with Crippen LogP contribution in [-0.2, 0) is 4.79 Å². The van der Waals surface area contributed by atoms with E-state index in [1.165, 1.54) is 0 Å². The largest absolute Gasteiger partial charge is 0.373 e. The maximum absolute atomic E-state index is 12.3. The van der Waals surface area contributed by atoms with Gasteiger partial charge in [0.2, 0.25) is 5.91 Å². The van der Waals surface area contributed by atoms with Gasteiger partial charge in [0.05, 0.1) is 17.1 Å². The van der Waals surface area contributed by atoms with Gasteiger partial charge in [0.15, 0.2) is 0 Å². The van der Waals surface area contributed by atoms with Gasteiger partial charge >= 0.3 is 0 Å². The predicted octanol–water partition coefficient (Wildman–Crippen LogP) is 2.61. The molecule has 1 aliphatic rings. The average molecular weight is 264 g/mol. The zero-order valence-electron chi connectivity index (χ0n) is 11.2.